The zero-order valence-corrected chi connectivity index (χ0v) is 12.4. The number of hydrogen-bond donors (Lipinski definition) is 0. The summed E-state index contributed by atoms with van der Waals surface area (Å²) in [6.07, 6.45) is 1.07. The van der Waals surface area contributed by atoms with Crippen LogP contribution >= 0.6 is 0 Å². The van der Waals surface area contributed by atoms with Crippen LogP contribution in [0.1, 0.15) is 37.8 Å². The lowest BCUT2D eigenvalue weighted by Gasteiger charge is -2.13. The fourth-order valence-corrected chi connectivity index (χ4v) is 2.42. The van der Waals surface area contributed by atoms with Gasteiger partial charge in [-0.3, -0.25) is 0 Å². The van der Waals surface area contributed by atoms with E-state index in [2.05, 4.69) is 75.4 Å². The second-order valence-electron chi connectivity index (χ2n) is 5.52. The number of nitriles is 1. The van der Waals surface area contributed by atoms with Crippen molar-refractivity contribution < 1.29 is 0 Å². The molecule has 0 aliphatic heterocycles. The van der Waals surface area contributed by atoms with E-state index in [0.717, 1.165) is 12.0 Å². The molecule has 0 radical (unpaired) electrons. The molecule has 0 spiro atoms. The minimum atomic E-state index is -0.0217. The van der Waals surface area contributed by atoms with E-state index >= 15 is 0 Å². The molecule has 0 heterocycles. The van der Waals surface area contributed by atoms with Crippen molar-refractivity contribution in [2.75, 3.05) is 0 Å². The zero-order valence-electron chi connectivity index (χ0n) is 12.4. The van der Waals surface area contributed by atoms with Crippen LogP contribution in [-0.2, 0) is 6.42 Å². The lowest BCUT2D eigenvalue weighted by molar-refractivity contribution is 0.587. The molecule has 1 atom stereocenters. The van der Waals surface area contributed by atoms with E-state index in [-0.39, 0.29) is 5.92 Å². The van der Waals surface area contributed by atoms with Crippen LogP contribution in [0.2, 0.25) is 0 Å². The van der Waals surface area contributed by atoms with E-state index in [1.165, 1.54) is 16.7 Å². The number of benzene rings is 2. The highest BCUT2D eigenvalue weighted by Crippen LogP contribution is 2.27. The number of hydrogen-bond acceptors (Lipinski definition) is 1. The van der Waals surface area contributed by atoms with Gasteiger partial charge in [-0.05, 0) is 34.6 Å². The van der Waals surface area contributed by atoms with Gasteiger partial charge in [-0.2, -0.15) is 5.26 Å². The van der Waals surface area contributed by atoms with Crippen LogP contribution < -0.4 is 0 Å². The van der Waals surface area contributed by atoms with Crippen molar-refractivity contribution in [3.8, 4) is 17.2 Å². The van der Waals surface area contributed by atoms with Gasteiger partial charge in [-0.15, -0.1) is 0 Å². The third-order valence-electron chi connectivity index (χ3n) is 3.77. The summed E-state index contributed by atoms with van der Waals surface area (Å²) in [6, 6.07) is 19.5. The van der Waals surface area contributed by atoms with Gasteiger partial charge >= 0.3 is 0 Å². The normalized spacial score (nSPS) is 12.2. The Hall–Kier alpha value is -2.07. The second-order valence-corrected chi connectivity index (χ2v) is 5.52. The first-order valence-electron chi connectivity index (χ1n) is 7.24. The van der Waals surface area contributed by atoms with E-state index in [0.29, 0.717) is 5.92 Å². The molecule has 0 saturated heterocycles. The highest BCUT2D eigenvalue weighted by molar-refractivity contribution is 5.64. The molecule has 102 valence electrons. The van der Waals surface area contributed by atoms with Gasteiger partial charge < -0.3 is 0 Å². The molecule has 20 heavy (non-hydrogen) atoms. The zero-order chi connectivity index (χ0) is 14.5. The molecule has 2 aromatic rings. The Labute approximate surface area is 121 Å². The maximum absolute atomic E-state index is 9.24. The summed E-state index contributed by atoms with van der Waals surface area (Å²) >= 11 is 0. The molecule has 1 nitrogen and oxygen atoms in total. The molecule has 2 aromatic carbocycles. The maximum atomic E-state index is 9.24. The van der Waals surface area contributed by atoms with Crippen molar-refractivity contribution in [1.29, 1.82) is 5.26 Å². The number of aryl methyl sites for hydroxylation is 1. The van der Waals surface area contributed by atoms with Gasteiger partial charge in [0, 0.05) is 0 Å². The Balaban J connectivity index is 2.25. The summed E-state index contributed by atoms with van der Waals surface area (Å²) in [5.74, 6) is 0.321. The Morgan fingerprint density at radius 1 is 0.900 bits per heavy atom. The van der Waals surface area contributed by atoms with Crippen molar-refractivity contribution >= 4 is 0 Å². The fourth-order valence-electron chi connectivity index (χ4n) is 2.42. The van der Waals surface area contributed by atoms with Crippen LogP contribution in [0.3, 0.4) is 0 Å². The van der Waals surface area contributed by atoms with Crippen LogP contribution in [0, 0.1) is 17.2 Å². The average Bonchev–Trinajstić information content (AvgIpc) is 2.48. The number of nitrogens with zero attached hydrogens (tertiary/aromatic N) is 1. The minimum absolute atomic E-state index is 0.0217. The standard InChI is InChI=1S/C19H21N/c1-4-15-5-7-16(8-6-15)17-9-11-18(12-10-17)19(13-20)14(2)3/h5-12,14,19H,4H2,1-3H3. The molecule has 0 aliphatic rings. The summed E-state index contributed by atoms with van der Waals surface area (Å²) in [4.78, 5) is 0. The summed E-state index contributed by atoms with van der Waals surface area (Å²) in [7, 11) is 0. The Morgan fingerprint density at radius 3 is 1.80 bits per heavy atom. The average molecular weight is 263 g/mol. The molecule has 1 unspecified atom stereocenters. The van der Waals surface area contributed by atoms with Crippen molar-refractivity contribution in [3.05, 3.63) is 59.7 Å². The quantitative estimate of drug-likeness (QED) is 0.745. The van der Waals surface area contributed by atoms with Gasteiger partial charge in [0.15, 0.2) is 0 Å². The van der Waals surface area contributed by atoms with Crippen molar-refractivity contribution in [1.82, 2.24) is 0 Å². The summed E-state index contributed by atoms with van der Waals surface area (Å²) in [5, 5.41) is 9.24. The lowest BCUT2D eigenvalue weighted by Crippen LogP contribution is -2.03. The monoisotopic (exact) mass is 263 g/mol. The Morgan fingerprint density at radius 2 is 1.40 bits per heavy atom. The third kappa shape index (κ3) is 3.08. The van der Waals surface area contributed by atoms with E-state index in [1.807, 2.05) is 0 Å². The molecule has 0 N–H and O–H groups in total. The van der Waals surface area contributed by atoms with Gasteiger partial charge in [-0.1, -0.05) is 69.3 Å². The topological polar surface area (TPSA) is 23.8 Å². The lowest BCUT2D eigenvalue weighted by atomic mass is 9.89. The van der Waals surface area contributed by atoms with E-state index in [9.17, 15) is 5.26 Å². The summed E-state index contributed by atoms with van der Waals surface area (Å²) < 4.78 is 0. The molecule has 0 bridgehead atoms. The van der Waals surface area contributed by atoms with Crippen LogP contribution in [0.15, 0.2) is 48.5 Å². The van der Waals surface area contributed by atoms with Crippen molar-refractivity contribution in [3.63, 3.8) is 0 Å². The molecule has 0 fully saturated rings. The highest BCUT2D eigenvalue weighted by Gasteiger charge is 2.14. The summed E-state index contributed by atoms with van der Waals surface area (Å²) in [6.45, 7) is 6.34. The van der Waals surface area contributed by atoms with Gasteiger partial charge in [0.25, 0.3) is 0 Å². The van der Waals surface area contributed by atoms with Gasteiger partial charge in [0.2, 0.25) is 0 Å². The van der Waals surface area contributed by atoms with Crippen LogP contribution in [-0.4, -0.2) is 0 Å². The molecule has 1 heteroatoms. The fraction of sp³-hybridized carbons (Fsp3) is 0.316. The first-order valence-corrected chi connectivity index (χ1v) is 7.24. The molecular formula is C19H21N. The third-order valence-corrected chi connectivity index (χ3v) is 3.77. The highest BCUT2D eigenvalue weighted by atomic mass is 14.3. The molecule has 0 amide bonds. The smallest absolute Gasteiger partial charge is 0.0735 e. The van der Waals surface area contributed by atoms with Crippen LogP contribution in [0.25, 0.3) is 11.1 Å². The first-order chi connectivity index (χ1) is 9.65. The van der Waals surface area contributed by atoms with E-state index in [4.69, 9.17) is 0 Å². The number of rotatable bonds is 4. The minimum Gasteiger partial charge on any atom is -0.198 e. The molecule has 0 saturated carbocycles. The van der Waals surface area contributed by atoms with Gasteiger partial charge in [0.05, 0.1) is 12.0 Å². The predicted molar refractivity (Wildman–Crippen MR) is 84.4 cm³/mol. The van der Waals surface area contributed by atoms with E-state index < -0.39 is 0 Å². The maximum Gasteiger partial charge on any atom is 0.0735 e. The van der Waals surface area contributed by atoms with Crippen LogP contribution in [0.5, 0.6) is 0 Å². The molecular weight excluding hydrogens is 242 g/mol. The van der Waals surface area contributed by atoms with Crippen LogP contribution in [0.4, 0.5) is 0 Å². The first kappa shape index (κ1) is 14.3. The second kappa shape index (κ2) is 6.39. The summed E-state index contributed by atoms with van der Waals surface area (Å²) in [5.41, 5.74) is 4.90. The Kier molecular flexibility index (Phi) is 4.58. The van der Waals surface area contributed by atoms with E-state index in [1.54, 1.807) is 0 Å². The molecule has 0 aromatic heterocycles. The predicted octanol–water partition coefficient (Wildman–Crippen LogP) is 5.18. The van der Waals surface area contributed by atoms with Gasteiger partial charge in [0.1, 0.15) is 0 Å². The van der Waals surface area contributed by atoms with Crippen molar-refractivity contribution in [2.24, 2.45) is 5.92 Å². The van der Waals surface area contributed by atoms with Gasteiger partial charge in [-0.25, -0.2) is 0 Å². The Bertz CT molecular complexity index is 585. The SMILES string of the molecule is CCc1ccc(-c2ccc(C(C#N)C(C)C)cc2)cc1. The van der Waals surface area contributed by atoms with Crippen molar-refractivity contribution in [2.45, 2.75) is 33.1 Å². The molecule has 2 rings (SSSR count). The largest absolute Gasteiger partial charge is 0.198 e. The molecule has 0 aliphatic carbocycles.